The molecular formula is C16H22BrN5O3. The molecule has 0 bridgehead atoms. The number of aryl methyl sites for hydroxylation is 3. The van der Waals surface area contributed by atoms with Crippen molar-refractivity contribution < 1.29 is 14.3 Å². The van der Waals surface area contributed by atoms with Crippen LogP contribution in [-0.4, -0.2) is 38.5 Å². The first kappa shape index (κ1) is 19.2. The highest BCUT2D eigenvalue weighted by atomic mass is 79.9. The van der Waals surface area contributed by atoms with Crippen LogP contribution in [0.4, 0.5) is 5.69 Å². The molecule has 0 aliphatic carbocycles. The fourth-order valence-electron chi connectivity index (χ4n) is 2.58. The van der Waals surface area contributed by atoms with E-state index in [1.807, 2.05) is 20.8 Å². The zero-order valence-electron chi connectivity index (χ0n) is 15.2. The topological polar surface area (TPSA) is 91.0 Å². The summed E-state index contributed by atoms with van der Waals surface area (Å²) in [7, 11) is 2.92. The van der Waals surface area contributed by atoms with Crippen LogP contribution in [0.1, 0.15) is 34.5 Å². The van der Waals surface area contributed by atoms with Gasteiger partial charge in [-0.3, -0.25) is 14.2 Å². The van der Waals surface area contributed by atoms with E-state index in [-0.39, 0.29) is 17.5 Å². The lowest BCUT2D eigenvalue weighted by molar-refractivity contribution is -0.119. The molecule has 2 aromatic rings. The minimum Gasteiger partial charge on any atom is -0.464 e. The average molecular weight is 412 g/mol. The Morgan fingerprint density at radius 3 is 2.40 bits per heavy atom. The van der Waals surface area contributed by atoms with Crippen molar-refractivity contribution in [2.75, 3.05) is 12.4 Å². The Morgan fingerprint density at radius 1 is 1.24 bits per heavy atom. The van der Waals surface area contributed by atoms with E-state index >= 15 is 0 Å². The number of halogens is 1. The molecule has 0 radical (unpaired) electrons. The molecule has 9 heteroatoms. The lowest BCUT2D eigenvalue weighted by atomic mass is 10.1. The molecule has 25 heavy (non-hydrogen) atoms. The third kappa shape index (κ3) is 3.76. The van der Waals surface area contributed by atoms with Gasteiger partial charge >= 0.3 is 5.97 Å². The molecule has 0 saturated heterocycles. The van der Waals surface area contributed by atoms with Crippen LogP contribution in [0.15, 0.2) is 4.47 Å². The van der Waals surface area contributed by atoms with Gasteiger partial charge in [0.2, 0.25) is 5.91 Å². The zero-order valence-corrected chi connectivity index (χ0v) is 16.8. The Hall–Kier alpha value is -2.16. The average Bonchev–Trinajstić information content (AvgIpc) is 2.97. The molecule has 8 nitrogen and oxygen atoms in total. The van der Waals surface area contributed by atoms with Gasteiger partial charge in [0.15, 0.2) is 5.69 Å². The molecule has 0 spiro atoms. The largest absolute Gasteiger partial charge is 0.464 e. The molecule has 0 saturated carbocycles. The summed E-state index contributed by atoms with van der Waals surface area (Å²) in [6.45, 7) is 7.81. The SMILES string of the molecule is COC(=O)c1c(NC(=O)C(C)Cn2nc(C)c(Br)c2C)c(C)nn1C. The highest BCUT2D eigenvalue weighted by Crippen LogP contribution is 2.23. The predicted molar refractivity (Wildman–Crippen MR) is 96.5 cm³/mol. The molecule has 2 rings (SSSR count). The lowest BCUT2D eigenvalue weighted by Crippen LogP contribution is -2.26. The van der Waals surface area contributed by atoms with Crippen LogP contribution >= 0.6 is 15.9 Å². The molecule has 2 aromatic heterocycles. The normalized spacial score (nSPS) is 12.1. The molecule has 2 heterocycles. The van der Waals surface area contributed by atoms with Crippen LogP contribution in [0.5, 0.6) is 0 Å². The van der Waals surface area contributed by atoms with Gasteiger partial charge in [0, 0.05) is 12.7 Å². The van der Waals surface area contributed by atoms with E-state index in [0.717, 1.165) is 15.9 Å². The van der Waals surface area contributed by atoms with Crippen LogP contribution in [0.3, 0.4) is 0 Å². The number of aromatic nitrogens is 4. The van der Waals surface area contributed by atoms with Crippen LogP contribution in [0.2, 0.25) is 0 Å². The first-order valence-corrected chi connectivity index (χ1v) is 8.58. The number of esters is 1. The number of amides is 1. The predicted octanol–water partition coefficient (Wildman–Crippen LogP) is 2.37. The molecule has 0 aliphatic rings. The van der Waals surface area contributed by atoms with E-state index in [0.29, 0.717) is 17.9 Å². The van der Waals surface area contributed by atoms with Crippen molar-refractivity contribution in [1.29, 1.82) is 0 Å². The number of carbonyl (C=O) groups is 2. The summed E-state index contributed by atoms with van der Waals surface area (Å²) in [6, 6.07) is 0. The number of ether oxygens (including phenoxy) is 1. The van der Waals surface area contributed by atoms with E-state index in [4.69, 9.17) is 4.74 Å². The Labute approximate surface area is 154 Å². The highest BCUT2D eigenvalue weighted by molar-refractivity contribution is 9.10. The van der Waals surface area contributed by atoms with Gasteiger partial charge < -0.3 is 10.1 Å². The van der Waals surface area contributed by atoms with Gasteiger partial charge in [0.25, 0.3) is 0 Å². The van der Waals surface area contributed by atoms with Gasteiger partial charge in [0.1, 0.15) is 0 Å². The monoisotopic (exact) mass is 411 g/mol. The Bertz CT molecular complexity index is 824. The minimum atomic E-state index is -0.548. The van der Waals surface area contributed by atoms with E-state index in [1.165, 1.54) is 11.8 Å². The van der Waals surface area contributed by atoms with E-state index in [1.54, 1.807) is 18.7 Å². The van der Waals surface area contributed by atoms with Crippen LogP contribution in [-0.2, 0) is 23.1 Å². The van der Waals surface area contributed by atoms with Crippen molar-refractivity contribution in [3.63, 3.8) is 0 Å². The second kappa shape index (κ2) is 7.38. The number of hydrogen-bond acceptors (Lipinski definition) is 5. The molecule has 0 aromatic carbocycles. The van der Waals surface area contributed by atoms with Crippen LogP contribution < -0.4 is 5.32 Å². The maximum atomic E-state index is 12.6. The molecule has 1 N–H and O–H groups in total. The van der Waals surface area contributed by atoms with E-state index in [2.05, 4.69) is 31.4 Å². The van der Waals surface area contributed by atoms with Crippen molar-refractivity contribution in [3.8, 4) is 0 Å². The van der Waals surface area contributed by atoms with E-state index in [9.17, 15) is 9.59 Å². The molecular weight excluding hydrogens is 390 g/mol. The minimum absolute atomic E-state index is 0.217. The fourth-order valence-corrected chi connectivity index (χ4v) is 2.86. The maximum Gasteiger partial charge on any atom is 0.358 e. The van der Waals surface area contributed by atoms with Gasteiger partial charge in [-0.05, 0) is 36.7 Å². The highest BCUT2D eigenvalue weighted by Gasteiger charge is 2.25. The molecule has 136 valence electrons. The number of hydrogen-bond donors (Lipinski definition) is 1. The molecule has 0 aliphatic heterocycles. The third-order valence-corrected chi connectivity index (χ3v) is 5.18. The molecule has 1 unspecified atom stereocenters. The first-order valence-electron chi connectivity index (χ1n) is 7.79. The Kier molecular flexibility index (Phi) is 5.66. The van der Waals surface area contributed by atoms with Crippen molar-refractivity contribution in [3.05, 3.63) is 27.2 Å². The van der Waals surface area contributed by atoms with Crippen LogP contribution in [0, 0.1) is 26.7 Å². The first-order chi connectivity index (χ1) is 11.7. The van der Waals surface area contributed by atoms with Gasteiger partial charge in [-0.2, -0.15) is 10.2 Å². The van der Waals surface area contributed by atoms with Crippen molar-refractivity contribution >= 4 is 33.5 Å². The molecule has 1 amide bonds. The van der Waals surface area contributed by atoms with Crippen LogP contribution in [0.25, 0.3) is 0 Å². The molecule has 1 atom stereocenters. The smallest absolute Gasteiger partial charge is 0.358 e. The van der Waals surface area contributed by atoms with Gasteiger partial charge in [-0.15, -0.1) is 0 Å². The van der Waals surface area contributed by atoms with Crippen molar-refractivity contribution in [1.82, 2.24) is 19.6 Å². The summed E-state index contributed by atoms with van der Waals surface area (Å²) in [4.78, 5) is 24.5. The molecule has 0 fully saturated rings. The summed E-state index contributed by atoms with van der Waals surface area (Å²) in [6.07, 6.45) is 0. The standard InChI is InChI=1S/C16H22BrN5O3/c1-8(7-22-11(4)12(17)9(2)20-22)15(23)18-13-10(3)19-21(5)14(13)16(24)25-6/h8H,7H2,1-6H3,(H,18,23). The lowest BCUT2D eigenvalue weighted by Gasteiger charge is -2.14. The summed E-state index contributed by atoms with van der Waals surface area (Å²) in [5.41, 5.74) is 2.98. The quantitative estimate of drug-likeness (QED) is 0.762. The second-order valence-corrected chi connectivity index (χ2v) is 6.77. The number of methoxy groups -OCH3 is 1. The van der Waals surface area contributed by atoms with Gasteiger partial charge in [-0.25, -0.2) is 4.79 Å². The summed E-state index contributed by atoms with van der Waals surface area (Å²) in [5, 5.41) is 11.4. The number of rotatable bonds is 5. The van der Waals surface area contributed by atoms with Crippen molar-refractivity contribution in [2.45, 2.75) is 34.2 Å². The fraction of sp³-hybridized carbons (Fsp3) is 0.500. The number of carbonyl (C=O) groups excluding carboxylic acids is 2. The second-order valence-electron chi connectivity index (χ2n) is 5.98. The summed E-state index contributed by atoms with van der Waals surface area (Å²) in [5.74, 6) is -1.12. The van der Waals surface area contributed by atoms with Gasteiger partial charge in [0.05, 0.1) is 41.1 Å². The maximum absolute atomic E-state index is 12.6. The Morgan fingerprint density at radius 2 is 1.88 bits per heavy atom. The summed E-state index contributed by atoms with van der Waals surface area (Å²) >= 11 is 3.48. The zero-order chi connectivity index (χ0) is 18.9. The van der Waals surface area contributed by atoms with Gasteiger partial charge in [-0.1, -0.05) is 6.92 Å². The van der Waals surface area contributed by atoms with Crippen molar-refractivity contribution in [2.24, 2.45) is 13.0 Å². The number of nitrogens with zero attached hydrogens (tertiary/aromatic N) is 4. The number of anilines is 1. The summed E-state index contributed by atoms with van der Waals surface area (Å²) < 4.78 is 8.91. The van der Waals surface area contributed by atoms with E-state index < -0.39 is 5.97 Å². The Balaban J connectivity index is 2.19. The third-order valence-electron chi connectivity index (χ3n) is 4.04. The number of nitrogens with one attached hydrogen (secondary N) is 1.